The Morgan fingerprint density at radius 3 is 2.75 bits per heavy atom. The molecule has 0 amide bonds. The average Bonchev–Trinajstić information content (AvgIpc) is 3.31. The molecule has 3 heterocycles. The van der Waals surface area contributed by atoms with Crippen LogP contribution in [0.5, 0.6) is 0 Å². The standard InChI is InChI=1S/C17H10FN5S/c18-11-3-1-9(2-4-11)15-8-24-17(22-15)16-20-13-5-10-7-19-23-12(10)6-14(13)21-16/h1-8H,(H,19,23)(H,20,21). The highest BCUT2D eigenvalue weighted by Crippen LogP contribution is 2.29. The number of nitrogens with zero attached hydrogens (tertiary/aromatic N) is 3. The van der Waals surface area contributed by atoms with E-state index in [-0.39, 0.29) is 5.82 Å². The Kier molecular flexibility index (Phi) is 2.77. The number of hydrogen-bond acceptors (Lipinski definition) is 4. The predicted octanol–water partition coefficient (Wildman–Crippen LogP) is 4.37. The normalized spacial score (nSPS) is 11.5. The van der Waals surface area contributed by atoms with Gasteiger partial charge < -0.3 is 4.98 Å². The van der Waals surface area contributed by atoms with Crippen molar-refractivity contribution in [2.45, 2.75) is 0 Å². The molecule has 0 unspecified atom stereocenters. The zero-order valence-electron chi connectivity index (χ0n) is 12.2. The summed E-state index contributed by atoms with van der Waals surface area (Å²) in [6, 6.07) is 10.3. The second-order valence-electron chi connectivity index (χ2n) is 5.44. The number of nitrogens with one attached hydrogen (secondary N) is 2. The summed E-state index contributed by atoms with van der Waals surface area (Å²) in [4.78, 5) is 12.5. The zero-order valence-corrected chi connectivity index (χ0v) is 13.1. The number of aromatic amines is 2. The number of halogens is 1. The van der Waals surface area contributed by atoms with Gasteiger partial charge in [0.05, 0.1) is 22.2 Å². The third-order valence-electron chi connectivity index (χ3n) is 3.88. The summed E-state index contributed by atoms with van der Waals surface area (Å²) >= 11 is 1.50. The van der Waals surface area contributed by atoms with E-state index in [0.29, 0.717) is 0 Å². The third kappa shape index (κ3) is 2.10. The number of fused-ring (bicyclic) bond motifs is 2. The van der Waals surface area contributed by atoms with Crippen LogP contribution >= 0.6 is 11.3 Å². The number of rotatable bonds is 2. The van der Waals surface area contributed by atoms with Crippen LogP contribution < -0.4 is 0 Å². The van der Waals surface area contributed by atoms with Crippen molar-refractivity contribution in [3.8, 4) is 22.1 Å². The third-order valence-corrected chi connectivity index (χ3v) is 4.73. The Bertz CT molecular complexity index is 1120. The fraction of sp³-hybridized carbons (Fsp3) is 0. The maximum Gasteiger partial charge on any atom is 0.167 e. The van der Waals surface area contributed by atoms with Crippen LogP contribution in [0.15, 0.2) is 48.0 Å². The molecule has 0 radical (unpaired) electrons. The molecule has 24 heavy (non-hydrogen) atoms. The van der Waals surface area contributed by atoms with E-state index in [4.69, 9.17) is 0 Å². The minimum absolute atomic E-state index is 0.253. The quantitative estimate of drug-likeness (QED) is 0.503. The number of imidazole rings is 1. The van der Waals surface area contributed by atoms with Crippen LogP contribution in [0.25, 0.3) is 44.0 Å². The van der Waals surface area contributed by atoms with Gasteiger partial charge in [0, 0.05) is 22.5 Å². The first kappa shape index (κ1) is 13.4. The molecule has 5 nitrogen and oxygen atoms in total. The summed E-state index contributed by atoms with van der Waals surface area (Å²) < 4.78 is 13.0. The van der Waals surface area contributed by atoms with Gasteiger partial charge in [0.2, 0.25) is 0 Å². The molecule has 5 rings (SSSR count). The molecule has 2 aromatic carbocycles. The van der Waals surface area contributed by atoms with Crippen LogP contribution in [-0.2, 0) is 0 Å². The van der Waals surface area contributed by atoms with Gasteiger partial charge >= 0.3 is 0 Å². The molecule has 3 aromatic heterocycles. The van der Waals surface area contributed by atoms with Crippen molar-refractivity contribution in [2.24, 2.45) is 0 Å². The van der Waals surface area contributed by atoms with Gasteiger partial charge in [-0.05, 0) is 36.4 Å². The Morgan fingerprint density at radius 1 is 1.00 bits per heavy atom. The summed E-state index contributed by atoms with van der Waals surface area (Å²) in [5.74, 6) is 0.469. The van der Waals surface area contributed by atoms with E-state index in [9.17, 15) is 4.39 Å². The van der Waals surface area contributed by atoms with E-state index in [2.05, 4.69) is 25.1 Å². The molecule has 0 saturated heterocycles. The van der Waals surface area contributed by atoms with Gasteiger partial charge in [-0.3, -0.25) is 5.10 Å². The first-order chi connectivity index (χ1) is 11.8. The van der Waals surface area contributed by atoms with Crippen LogP contribution in [-0.4, -0.2) is 25.1 Å². The molecule has 2 N–H and O–H groups in total. The molecule has 7 heteroatoms. The van der Waals surface area contributed by atoms with Crippen molar-refractivity contribution in [3.63, 3.8) is 0 Å². The maximum absolute atomic E-state index is 13.0. The van der Waals surface area contributed by atoms with E-state index in [0.717, 1.165) is 44.0 Å². The lowest BCUT2D eigenvalue weighted by atomic mass is 10.2. The van der Waals surface area contributed by atoms with E-state index >= 15 is 0 Å². The highest BCUT2D eigenvalue weighted by Gasteiger charge is 2.12. The molecule has 0 spiro atoms. The van der Waals surface area contributed by atoms with Crippen molar-refractivity contribution >= 4 is 33.3 Å². The molecular formula is C17H10FN5S. The minimum atomic E-state index is -0.253. The summed E-state index contributed by atoms with van der Waals surface area (Å²) in [5, 5.41) is 10.8. The predicted molar refractivity (Wildman–Crippen MR) is 92.2 cm³/mol. The minimum Gasteiger partial charge on any atom is -0.336 e. The fourth-order valence-electron chi connectivity index (χ4n) is 2.68. The van der Waals surface area contributed by atoms with Crippen molar-refractivity contribution in [2.75, 3.05) is 0 Å². The number of hydrogen-bond donors (Lipinski definition) is 2. The lowest BCUT2D eigenvalue weighted by Crippen LogP contribution is -1.81. The zero-order chi connectivity index (χ0) is 16.1. The van der Waals surface area contributed by atoms with E-state index < -0.39 is 0 Å². The largest absolute Gasteiger partial charge is 0.336 e. The summed E-state index contributed by atoms with van der Waals surface area (Å²) in [6.45, 7) is 0. The number of thiazole rings is 1. The number of aromatic nitrogens is 5. The summed E-state index contributed by atoms with van der Waals surface area (Å²) in [7, 11) is 0. The first-order valence-electron chi connectivity index (χ1n) is 7.31. The molecule has 0 fully saturated rings. The van der Waals surface area contributed by atoms with E-state index in [1.165, 1.54) is 23.5 Å². The van der Waals surface area contributed by atoms with Crippen LogP contribution in [0.1, 0.15) is 0 Å². The van der Waals surface area contributed by atoms with E-state index in [1.807, 2.05) is 23.7 Å². The van der Waals surface area contributed by atoms with Crippen molar-refractivity contribution in [1.82, 2.24) is 25.1 Å². The molecule has 0 bridgehead atoms. The summed E-state index contributed by atoms with van der Waals surface area (Å²) in [5.41, 5.74) is 4.38. The second-order valence-corrected chi connectivity index (χ2v) is 6.30. The Labute approximate surface area is 139 Å². The first-order valence-corrected chi connectivity index (χ1v) is 8.19. The van der Waals surface area contributed by atoms with Crippen LogP contribution in [0.4, 0.5) is 4.39 Å². The number of benzene rings is 2. The molecular weight excluding hydrogens is 325 g/mol. The van der Waals surface area contributed by atoms with Crippen molar-refractivity contribution < 1.29 is 4.39 Å². The van der Waals surface area contributed by atoms with Gasteiger partial charge in [0.1, 0.15) is 5.82 Å². The van der Waals surface area contributed by atoms with Gasteiger partial charge in [-0.15, -0.1) is 11.3 Å². The smallest absolute Gasteiger partial charge is 0.167 e. The van der Waals surface area contributed by atoms with Crippen LogP contribution in [0.3, 0.4) is 0 Å². The van der Waals surface area contributed by atoms with Crippen LogP contribution in [0, 0.1) is 5.82 Å². The molecule has 5 aromatic rings. The maximum atomic E-state index is 13.0. The monoisotopic (exact) mass is 335 g/mol. The summed E-state index contributed by atoms with van der Waals surface area (Å²) in [6.07, 6.45) is 1.85. The van der Waals surface area contributed by atoms with Gasteiger partial charge in [-0.25, -0.2) is 14.4 Å². The average molecular weight is 335 g/mol. The number of H-pyrrole nitrogens is 2. The van der Waals surface area contributed by atoms with Gasteiger partial charge in [0.15, 0.2) is 10.8 Å². The molecule has 0 saturated carbocycles. The SMILES string of the molecule is Fc1ccc(-c2csc(-c3nc4cc5c[nH]nc5cc4[nH]3)n2)cc1. The Hall–Kier alpha value is -3.06. The van der Waals surface area contributed by atoms with Crippen molar-refractivity contribution in [1.29, 1.82) is 0 Å². The molecule has 0 aliphatic rings. The van der Waals surface area contributed by atoms with Gasteiger partial charge in [-0.1, -0.05) is 0 Å². The van der Waals surface area contributed by atoms with Gasteiger partial charge in [0.25, 0.3) is 0 Å². The second kappa shape index (κ2) is 4.97. The lowest BCUT2D eigenvalue weighted by Gasteiger charge is -1.95. The Morgan fingerprint density at radius 2 is 1.88 bits per heavy atom. The Balaban J connectivity index is 1.58. The fourth-order valence-corrected chi connectivity index (χ4v) is 3.45. The highest BCUT2D eigenvalue weighted by molar-refractivity contribution is 7.13. The molecule has 0 atom stereocenters. The van der Waals surface area contributed by atoms with Gasteiger partial charge in [-0.2, -0.15) is 5.10 Å². The molecule has 0 aliphatic heterocycles. The lowest BCUT2D eigenvalue weighted by molar-refractivity contribution is 0.628. The van der Waals surface area contributed by atoms with Crippen molar-refractivity contribution in [3.05, 3.63) is 53.8 Å². The van der Waals surface area contributed by atoms with E-state index in [1.54, 1.807) is 12.1 Å². The van der Waals surface area contributed by atoms with Crippen LogP contribution in [0.2, 0.25) is 0 Å². The molecule has 0 aliphatic carbocycles. The molecule has 116 valence electrons. The highest BCUT2D eigenvalue weighted by atomic mass is 32.1. The topological polar surface area (TPSA) is 70.2 Å².